The lowest BCUT2D eigenvalue weighted by molar-refractivity contribution is 0.0803. The maximum Gasteiger partial charge on any atom is 0.124 e. The van der Waals surface area contributed by atoms with Crippen molar-refractivity contribution in [2.75, 3.05) is 0 Å². The van der Waals surface area contributed by atoms with E-state index in [0.717, 1.165) is 21.1 Å². The van der Waals surface area contributed by atoms with Gasteiger partial charge in [0.25, 0.3) is 0 Å². The molecule has 0 aliphatic rings. The van der Waals surface area contributed by atoms with Gasteiger partial charge in [0, 0.05) is 11.0 Å². The summed E-state index contributed by atoms with van der Waals surface area (Å²) in [6.07, 6.45) is 0. The lowest BCUT2D eigenvalue weighted by Crippen LogP contribution is -2.22. The molecular formula is C16H21NOS. The minimum absolute atomic E-state index is 0.0706. The molecule has 0 aliphatic heterocycles. The highest BCUT2D eigenvalue weighted by molar-refractivity contribution is 7.15. The smallest absolute Gasteiger partial charge is 0.124 e. The molecule has 0 unspecified atom stereocenters. The molecule has 1 N–H and O–H groups in total. The van der Waals surface area contributed by atoms with E-state index >= 15 is 0 Å². The number of benzene rings is 1. The highest BCUT2D eigenvalue weighted by atomic mass is 32.1. The first kappa shape index (κ1) is 14.2. The van der Waals surface area contributed by atoms with Crippen molar-refractivity contribution in [2.45, 2.75) is 45.6 Å². The fourth-order valence-corrected chi connectivity index (χ4v) is 3.23. The molecule has 0 aliphatic carbocycles. The molecule has 102 valence electrons. The molecule has 1 aromatic heterocycles. The van der Waals surface area contributed by atoms with E-state index in [1.54, 1.807) is 11.3 Å². The number of hydrogen-bond donors (Lipinski definition) is 1. The molecule has 0 fully saturated rings. The van der Waals surface area contributed by atoms with Crippen molar-refractivity contribution < 1.29 is 5.11 Å². The maximum absolute atomic E-state index is 10.4. The first-order valence-corrected chi connectivity index (χ1v) is 7.31. The van der Waals surface area contributed by atoms with Gasteiger partial charge in [-0.2, -0.15) is 0 Å². The number of thiazole rings is 1. The molecular weight excluding hydrogens is 254 g/mol. The Kier molecular flexibility index (Phi) is 3.54. The van der Waals surface area contributed by atoms with Crippen LogP contribution in [-0.4, -0.2) is 10.1 Å². The minimum Gasteiger partial charge on any atom is -0.385 e. The molecule has 0 spiro atoms. The summed E-state index contributed by atoms with van der Waals surface area (Å²) in [6.45, 7) is 10.0. The Balaban J connectivity index is 2.59. The summed E-state index contributed by atoms with van der Waals surface area (Å²) < 4.78 is 0. The van der Waals surface area contributed by atoms with Crippen LogP contribution in [0.1, 0.15) is 45.2 Å². The number of aromatic nitrogens is 1. The van der Waals surface area contributed by atoms with Gasteiger partial charge < -0.3 is 5.11 Å². The number of rotatable bonds is 2. The van der Waals surface area contributed by atoms with Crippen LogP contribution in [0.2, 0.25) is 0 Å². The van der Waals surface area contributed by atoms with E-state index in [4.69, 9.17) is 4.98 Å². The van der Waals surface area contributed by atoms with E-state index in [2.05, 4.69) is 32.9 Å². The quantitative estimate of drug-likeness (QED) is 0.884. The van der Waals surface area contributed by atoms with Crippen LogP contribution in [-0.2, 0) is 11.0 Å². The van der Waals surface area contributed by atoms with E-state index in [1.807, 2.05) is 32.0 Å². The van der Waals surface area contributed by atoms with E-state index in [9.17, 15) is 5.11 Å². The molecule has 0 saturated heterocycles. The van der Waals surface area contributed by atoms with Crippen molar-refractivity contribution >= 4 is 11.3 Å². The summed E-state index contributed by atoms with van der Waals surface area (Å²) >= 11 is 1.59. The summed E-state index contributed by atoms with van der Waals surface area (Å²) in [4.78, 5) is 5.73. The van der Waals surface area contributed by atoms with Gasteiger partial charge in [-0.15, -0.1) is 11.3 Å². The summed E-state index contributed by atoms with van der Waals surface area (Å²) in [5.41, 5.74) is 1.17. The lowest BCUT2D eigenvalue weighted by Gasteiger charge is -2.23. The van der Waals surface area contributed by atoms with Crippen LogP contribution >= 0.6 is 11.3 Å². The molecule has 0 atom stereocenters. The van der Waals surface area contributed by atoms with Crippen molar-refractivity contribution in [3.05, 3.63) is 40.9 Å². The Bertz CT molecular complexity index is 527. The van der Waals surface area contributed by atoms with Gasteiger partial charge in [-0.05, 0) is 13.8 Å². The highest BCUT2D eigenvalue weighted by Gasteiger charge is 2.31. The monoisotopic (exact) mass is 275 g/mol. The zero-order valence-corrected chi connectivity index (χ0v) is 13.0. The Morgan fingerprint density at radius 1 is 1.00 bits per heavy atom. The molecule has 2 rings (SSSR count). The van der Waals surface area contributed by atoms with Crippen LogP contribution in [0.25, 0.3) is 10.6 Å². The van der Waals surface area contributed by atoms with Crippen LogP contribution in [0.3, 0.4) is 0 Å². The lowest BCUT2D eigenvalue weighted by atomic mass is 9.88. The molecule has 0 radical (unpaired) electrons. The summed E-state index contributed by atoms with van der Waals surface area (Å²) in [5.74, 6) is 0. The van der Waals surface area contributed by atoms with Gasteiger partial charge in [-0.1, -0.05) is 51.1 Å². The summed E-state index contributed by atoms with van der Waals surface area (Å²) in [7, 11) is 0. The third-order valence-electron chi connectivity index (χ3n) is 2.91. The second-order valence-electron chi connectivity index (χ2n) is 6.37. The fraction of sp³-hybridized carbons (Fsp3) is 0.438. The third kappa shape index (κ3) is 3.04. The molecule has 3 heteroatoms. The first-order chi connectivity index (χ1) is 8.69. The van der Waals surface area contributed by atoms with Gasteiger partial charge in [0.05, 0.1) is 16.2 Å². The molecule has 0 bridgehead atoms. The van der Waals surface area contributed by atoms with Crippen LogP contribution in [0, 0.1) is 0 Å². The molecule has 2 aromatic rings. The Labute approximate surface area is 119 Å². The predicted octanol–water partition coefficient (Wildman–Crippen LogP) is 4.34. The van der Waals surface area contributed by atoms with Crippen LogP contribution in [0.4, 0.5) is 0 Å². The Hall–Kier alpha value is -1.19. The van der Waals surface area contributed by atoms with Crippen molar-refractivity contribution in [1.29, 1.82) is 0 Å². The van der Waals surface area contributed by atoms with Crippen molar-refractivity contribution in [3.63, 3.8) is 0 Å². The first-order valence-electron chi connectivity index (χ1n) is 6.49. The summed E-state index contributed by atoms with van der Waals surface area (Å²) in [6, 6.07) is 10.1. The van der Waals surface area contributed by atoms with Gasteiger partial charge in [-0.25, -0.2) is 4.98 Å². The molecule has 1 aromatic carbocycles. The van der Waals surface area contributed by atoms with Crippen LogP contribution < -0.4 is 0 Å². The Morgan fingerprint density at radius 2 is 1.58 bits per heavy atom. The zero-order chi connectivity index (χ0) is 14.3. The standard InChI is InChI=1S/C16H21NOS/c1-15(2,3)12-13(16(4,5)18)19-14(17-12)11-9-7-6-8-10-11/h6-10,18H,1-5H3. The molecule has 19 heavy (non-hydrogen) atoms. The average Bonchev–Trinajstić information content (AvgIpc) is 2.74. The van der Waals surface area contributed by atoms with Gasteiger partial charge in [0.15, 0.2) is 0 Å². The minimum atomic E-state index is -0.854. The van der Waals surface area contributed by atoms with E-state index in [0.29, 0.717) is 0 Å². The number of aliphatic hydroxyl groups is 1. The fourth-order valence-electron chi connectivity index (χ4n) is 1.95. The normalized spacial score (nSPS) is 12.7. The van der Waals surface area contributed by atoms with E-state index in [1.165, 1.54) is 0 Å². The number of hydrogen-bond acceptors (Lipinski definition) is 3. The topological polar surface area (TPSA) is 33.1 Å². The van der Waals surface area contributed by atoms with Gasteiger partial charge >= 0.3 is 0 Å². The second kappa shape index (κ2) is 4.73. The zero-order valence-electron chi connectivity index (χ0n) is 12.2. The molecule has 0 saturated carbocycles. The predicted molar refractivity (Wildman–Crippen MR) is 81.5 cm³/mol. The van der Waals surface area contributed by atoms with Crippen molar-refractivity contribution in [2.24, 2.45) is 0 Å². The van der Waals surface area contributed by atoms with E-state index < -0.39 is 5.60 Å². The van der Waals surface area contributed by atoms with Gasteiger partial charge in [0.2, 0.25) is 0 Å². The Morgan fingerprint density at radius 3 is 2.00 bits per heavy atom. The second-order valence-corrected chi connectivity index (χ2v) is 7.37. The SMILES string of the molecule is CC(C)(C)c1nc(-c2ccccc2)sc1C(C)(C)O. The van der Waals surface area contributed by atoms with Crippen LogP contribution in [0.5, 0.6) is 0 Å². The third-order valence-corrected chi connectivity index (χ3v) is 4.33. The largest absolute Gasteiger partial charge is 0.385 e. The maximum atomic E-state index is 10.4. The van der Waals surface area contributed by atoms with E-state index in [-0.39, 0.29) is 5.41 Å². The number of nitrogens with zero attached hydrogens (tertiary/aromatic N) is 1. The molecule has 0 amide bonds. The van der Waals surface area contributed by atoms with Gasteiger partial charge in [-0.3, -0.25) is 0 Å². The molecule has 2 nitrogen and oxygen atoms in total. The average molecular weight is 275 g/mol. The van der Waals surface area contributed by atoms with Crippen LogP contribution in [0.15, 0.2) is 30.3 Å². The van der Waals surface area contributed by atoms with Crippen molar-refractivity contribution in [1.82, 2.24) is 4.98 Å². The summed E-state index contributed by atoms with van der Waals surface area (Å²) in [5, 5.41) is 11.3. The van der Waals surface area contributed by atoms with Gasteiger partial charge in [0.1, 0.15) is 5.01 Å². The highest BCUT2D eigenvalue weighted by Crippen LogP contribution is 2.39. The van der Waals surface area contributed by atoms with Crippen molar-refractivity contribution in [3.8, 4) is 10.6 Å². The molecule has 1 heterocycles.